The number of hydrogen-bond acceptors (Lipinski definition) is 0. The first kappa shape index (κ1) is 11.9. The van der Waals surface area contributed by atoms with Crippen LogP contribution in [-0.2, 0) is 12.8 Å². The Balaban J connectivity index is 2.21. The second-order valence-electron chi connectivity index (χ2n) is 5.89. The van der Waals surface area contributed by atoms with Gasteiger partial charge in [-0.2, -0.15) is 0 Å². The maximum Gasteiger partial charge on any atom is 0.123 e. The average molecular weight is 264 g/mol. The highest BCUT2D eigenvalue weighted by Gasteiger charge is 2.13. The van der Waals surface area contributed by atoms with Gasteiger partial charge in [0.1, 0.15) is 5.82 Å². The summed E-state index contributed by atoms with van der Waals surface area (Å²) in [5, 5.41) is 4.97. The minimum absolute atomic E-state index is 0.148. The largest absolute Gasteiger partial charge is 0.207 e. The summed E-state index contributed by atoms with van der Waals surface area (Å²) in [5.74, 6) is -0.148. The van der Waals surface area contributed by atoms with Crippen molar-refractivity contribution in [3.8, 4) is 0 Å². The van der Waals surface area contributed by atoms with Gasteiger partial charge in [0.05, 0.1) is 0 Å². The lowest BCUT2D eigenvalue weighted by atomic mass is 9.86. The predicted octanol–water partition coefficient (Wildman–Crippen LogP) is 2.96. The molecule has 0 spiro atoms. The topological polar surface area (TPSA) is 0 Å². The van der Waals surface area contributed by atoms with Crippen molar-refractivity contribution in [2.45, 2.75) is 32.6 Å². The third-order valence-corrected chi connectivity index (χ3v) is 4.70. The van der Waals surface area contributed by atoms with Gasteiger partial charge in [0, 0.05) is 0 Å². The van der Waals surface area contributed by atoms with E-state index in [4.69, 9.17) is 0 Å². The van der Waals surface area contributed by atoms with Gasteiger partial charge in [0.2, 0.25) is 0 Å². The molecule has 100 valence electrons. The van der Waals surface area contributed by atoms with Gasteiger partial charge >= 0.3 is 0 Å². The molecule has 0 fully saturated rings. The van der Waals surface area contributed by atoms with Crippen LogP contribution in [0.25, 0.3) is 11.6 Å². The van der Waals surface area contributed by atoms with Gasteiger partial charge in [0.25, 0.3) is 0 Å². The van der Waals surface area contributed by atoms with Gasteiger partial charge in [-0.3, -0.25) is 0 Å². The first-order valence-corrected chi connectivity index (χ1v) is 7.35. The number of fused-ring (bicyclic) bond motifs is 4. The standard InChI is InChI=1S/C19H17F/c1-12-3-2-4-17-15(12)9-10-18-16-8-6-14(20)11-13(16)5-7-19(17)18/h5-6,8-11H,2-4,7H2,1H3. The van der Waals surface area contributed by atoms with Crippen LogP contribution in [0.1, 0.15) is 30.9 Å². The zero-order valence-electron chi connectivity index (χ0n) is 11.7. The van der Waals surface area contributed by atoms with Crippen molar-refractivity contribution in [2.75, 3.05) is 0 Å². The molecule has 0 saturated heterocycles. The van der Waals surface area contributed by atoms with E-state index in [1.54, 1.807) is 12.1 Å². The monoisotopic (exact) mass is 264 g/mol. The molecule has 2 aliphatic carbocycles. The zero-order valence-corrected chi connectivity index (χ0v) is 11.7. The lowest BCUT2D eigenvalue weighted by Crippen LogP contribution is -2.22. The molecule has 0 unspecified atom stereocenters. The van der Waals surface area contributed by atoms with E-state index in [-0.39, 0.29) is 5.82 Å². The minimum Gasteiger partial charge on any atom is -0.207 e. The van der Waals surface area contributed by atoms with Gasteiger partial charge in [-0.1, -0.05) is 29.8 Å². The quantitative estimate of drug-likeness (QED) is 0.686. The van der Waals surface area contributed by atoms with Crippen LogP contribution in [0.4, 0.5) is 4.39 Å². The molecular formula is C19H17F. The molecule has 0 atom stereocenters. The summed E-state index contributed by atoms with van der Waals surface area (Å²) in [6.45, 7) is 2.25. The molecule has 0 amide bonds. The van der Waals surface area contributed by atoms with E-state index in [2.05, 4.69) is 25.1 Å². The second-order valence-corrected chi connectivity index (χ2v) is 5.89. The normalized spacial score (nSPS) is 16.0. The summed E-state index contributed by atoms with van der Waals surface area (Å²) in [6.07, 6.45) is 6.76. The SMILES string of the molecule is CC1=c2ccc3c(c2CCC1)CC=c1cc(F)ccc1=3. The van der Waals surface area contributed by atoms with Crippen LogP contribution in [-0.4, -0.2) is 0 Å². The van der Waals surface area contributed by atoms with Gasteiger partial charge in [-0.15, -0.1) is 0 Å². The molecule has 4 rings (SSSR count). The predicted molar refractivity (Wildman–Crippen MR) is 80.0 cm³/mol. The summed E-state index contributed by atoms with van der Waals surface area (Å²) in [5.41, 5.74) is 4.50. The number of rotatable bonds is 0. The molecule has 20 heavy (non-hydrogen) atoms. The van der Waals surface area contributed by atoms with Gasteiger partial charge in [-0.25, -0.2) is 4.39 Å². The van der Waals surface area contributed by atoms with E-state index in [9.17, 15) is 4.39 Å². The summed E-state index contributed by atoms with van der Waals surface area (Å²) < 4.78 is 13.4. The Morgan fingerprint density at radius 2 is 1.70 bits per heavy atom. The highest BCUT2D eigenvalue weighted by Crippen LogP contribution is 2.20. The van der Waals surface area contributed by atoms with E-state index in [0.717, 1.165) is 11.6 Å². The van der Waals surface area contributed by atoms with E-state index < -0.39 is 0 Å². The van der Waals surface area contributed by atoms with Crippen LogP contribution in [0.5, 0.6) is 0 Å². The fourth-order valence-corrected chi connectivity index (χ4v) is 3.69. The summed E-state index contributed by atoms with van der Waals surface area (Å²) in [7, 11) is 0. The summed E-state index contributed by atoms with van der Waals surface area (Å²) in [6, 6.07) is 9.63. The van der Waals surface area contributed by atoms with Crippen molar-refractivity contribution < 1.29 is 4.39 Å². The summed E-state index contributed by atoms with van der Waals surface area (Å²) in [4.78, 5) is 0. The van der Waals surface area contributed by atoms with E-state index >= 15 is 0 Å². The molecule has 0 nitrogen and oxygen atoms in total. The maximum atomic E-state index is 13.4. The summed E-state index contributed by atoms with van der Waals surface area (Å²) >= 11 is 0. The van der Waals surface area contributed by atoms with Crippen molar-refractivity contribution in [3.63, 3.8) is 0 Å². The molecule has 1 heteroatoms. The smallest absolute Gasteiger partial charge is 0.123 e. The highest BCUT2D eigenvalue weighted by atomic mass is 19.1. The maximum absolute atomic E-state index is 13.4. The fraction of sp³-hybridized carbons (Fsp3) is 0.263. The van der Waals surface area contributed by atoms with Gasteiger partial charge in [0.15, 0.2) is 0 Å². The molecule has 0 heterocycles. The first-order valence-electron chi connectivity index (χ1n) is 7.35. The molecule has 0 saturated carbocycles. The Hall–Kier alpha value is -1.89. The molecule has 0 bridgehead atoms. The number of hydrogen-bond donors (Lipinski definition) is 0. The van der Waals surface area contributed by atoms with Crippen LogP contribution in [0.3, 0.4) is 0 Å². The van der Waals surface area contributed by atoms with Crippen molar-refractivity contribution >= 4 is 11.6 Å². The number of benzene rings is 2. The van der Waals surface area contributed by atoms with Gasteiger partial charge < -0.3 is 0 Å². The van der Waals surface area contributed by atoms with E-state index in [0.29, 0.717) is 0 Å². The van der Waals surface area contributed by atoms with Crippen molar-refractivity contribution in [3.05, 3.63) is 68.2 Å². The first-order chi connectivity index (χ1) is 9.74. The molecule has 2 aromatic carbocycles. The van der Waals surface area contributed by atoms with Crippen molar-refractivity contribution in [1.82, 2.24) is 0 Å². The highest BCUT2D eigenvalue weighted by molar-refractivity contribution is 5.52. The lowest BCUT2D eigenvalue weighted by molar-refractivity contribution is 0.626. The fourth-order valence-electron chi connectivity index (χ4n) is 3.69. The minimum atomic E-state index is -0.148. The Labute approximate surface area is 117 Å². The Bertz CT molecular complexity index is 919. The lowest BCUT2D eigenvalue weighted by Gasteiger charge is -2.18. The molecule has 0 aliphatic heterocycles. The van der Waals surface area contributed by atoms with E-state index in [1.807, 2.05) is 6.07 Å². The van der Waals surface area contributed by atoms with Crippen LogP contribution >= 0.6 is 0 Å². The van der Waals surface area contributed by atoms with Crippen LogP contribution < -0.4 is 10.4 Å². The average Bonchev–Trinajstić information content (AvgIpc) is 2.46. The molecule has 2 aliphatic rings. The molecule has 0 aromatic heterocycles. The Morgan fingerprint density at radius 1 is 0.900 bits per heavy atom. The van der Waals surface area contributed by atoms with Gasteiger partial charge in [-0.05, 0) is 76.7 Å². The molecule has 2 aromatic rings. The van der Waals surface area contributed by atoms with Crippen molar-refractivity contribution in [2.24, 2.45) is 0 Å². The van der Waals surface area contributed by atoms with Crippen LogP contribution in [0, 0.1) is 16.3 Å². The van der Waals surface area contributed by atoms with Crippen LogP contribution in [0.2, 0.25) is 0 Å². The third-order valence-electron chi connectivity index (χ3n) is 4.70. The van der Waals surface area contributed by atoms with Crippen molar-refractivity contribution in [1.29, 1.82) is 0 Å². The Kier molecular flexibility index (Phi) is 2.56. The number of halogens is 1. The third kappa shape index (κ3) is 1.66. The molecule has 0 N–H and O–H groups in total. The Morgan fingerprint density at radius 3 is 2.60 bits per heavy atom. The zero-order chi connectivity index (χ0) is 13.7. The van der Waals surface area contributed by atoms with Crippen LogP contribution in [0.15, 0.2) is 30.3 Å². The molecular weight excluding hydrogens is 247 g/mol. The van der Waals surface area contributed by atoms with E-state index in [1.165, 1.54) is 51.6 Å². The molecule has 0 radical (unpaired) electrons. The second kappa shape index (κ2) is 4.31.